The number of carbonyl (C=O) groups excluding carboxylic acids is 2. The lowest BCUT2D eigenvalue weighted by Crippen LogP contribution is -2.16. The summed E-state index contributed by atoms with van der Waals surface area (Å²) >= 11 is 0. The van der Waals surface area contributed by atoms with Crippen LogP contribution in [0.2, 0.25) is 0 Å². The molecule has 1 unspecified atom stereocenters. The minimum Gasteiger partial charge on any atom is -0.396 e. The molecule has 70 valence electrons. The van der Waals surface area contributed by atoms with Gasteiger partial charge in [0.15, 0.2) is 0 Å². The standard InChI is InChI=1S/C8H14O4/c1-6(10)4-8(12)5-7(11)2-3-9/h7,9,11H,2-5H2,1H3. The van der Waals surface area contributed by atoms with Gasteiger partial charge in [0.25, 0.3) is 0 Å². The highest BCUT2D eigenvalue weighted by molar-refractivity contribution is 5.98. The van der Waals surface area contributed by atoms with Crippen molar-refractivity contribution in [2.75, 3.05) is 6.61 Å². The van der Waals surface area contributed by atoms with Gasteiger partial charge in [-0.25, -0.2) is 0 Å². The van der Waals surface area contributed by atoms with Gasteiger partial charge in [-0.2, -0.15) is 0 Å². The highest BCUT2D eigenvalue weighted by Gasteiger charge is 2.11. The average Bonchev–Trinajstić information content (AvgIpc) is 1.84. The molecule has 0 aliphatic carbocycles. The number of rotatable bonds is 6. The Bertz CT molecular complexity index is 164. The lowest BCUT2D eigenvalue weighted by atomic mass is 10.1. The van der Waals surface area contributed by atoms with Crippen LogP contribution in [0.3, 0.4) is 0 Å². The molecule has 0 rings (SSSR count). The summed E-state index contributed by atoms with van der Waals surface area (Å²) in [6.07, 6.45) is -0.798. The monoisotopic (exact) mass is 174 g/mol. The third kappa shape index (κ3) is 6.00. The molecular weight excluding hydrogens is 160 g/mol. The largest absolute Gasteiger partial charge is 0.396 e. The zero-order valence-electron chi connectivity index (χ0n) is 7.12. The first-order valence-electron chi connectivity index (χ1n) is 3.86. The Kier molecular flexibility index (Phi) is 5.49. The highest BCUT2D eigenvalue weighted by atomic mass is 16.3. The fourth-order valence-corrected chi connectivity index (χ4v) is 0.864. The Balaban J connectivity index is 3.61. The van der Waals surface area contributed by atoms with Crippen molar-refractivity contribution in [3.63, 3.8) is 0 Å². The molecule has 0 aromatic carbocycles. The van der Waals surface area contributed by atoms with Gasteiger partial charge in [-0.15, -0.1) is 0 Å². The van der Waals surface area contributed by atoms with E-state index in [9.17, 15) is 9.59 Å². The number of ketones is 2. The van der Waals surface area contributed by atoms with Gasteiger partial charge in [0, 0.05) is 13.0 Å². The third-order valence-corrected chi connectivity index (χ3v) is 1.37. The summed E-state index contributed by atoms with van der Waals surface area (Å²) < 4.78 is 0. The molecule has 4 heteroatoms. The first kappa shape index (κ1) is 11.3. The topological polar surface area (TPSA) is 74.6 Å². The minimum atomic E-state index is -0.818. The molecule has 0 aliphatic heterocycles. The molecule has 0 radical (unpaired) electrons. The van der Waals surface area contributed by atoms with Gasteiger partial charge in [-0.05, 0) is 13.3 Å². The summed E-state index contributed by atoms with van der Waals surface area (Å²) in [5.41, 5.74) is 0. The van der Waals surface area contributed by atoms with Crippen LogP contribution in [0.4, 0.5) is 0 Å². The van der Waals surface area contributed by atoms with E-state index >= 15 is 0 Å². The lowest BCUT2D eigenvalue weighted by molar-refractivity contribution is -0.127. The molecule has 0 spiro atoms. The molecule has 2 N–H and O–H groups in total. The van der Waals surface area contributed by atoms with Crippen molar-refractivity contribution in [2.24, 2.45) is 0 Å². The average molecular weight is 174 g/mol. The van der Waals surface area contributed by atoms with Crippen molar-refractivity contribution in [3.8, 4) is 0 Å². The molecule has 0 amide bonds. The number of carbonyl (C=O) groups is 2. The maximum absolute atomic E-state index is 10.9. The predicted molar refractivity (Wildman–Crippen MR) is 42.6 cm³/mol. The van der Waals surface area contributed by atoms with Crippen LogP contribution in [-0.4, -0.2) is 34.5 Å². The van der Waals surface area contributed by atoms with E-state index in [1.165, 1.54) is 6.92 Å². The Morgan fingerprint density at radius 1 is 1.42 bits per heavy atom. The fraction of sp³-hybridized carbons (Fsp3) is 0.750. The second-order valence-electron chi connectivity index (χ2n) is 2.79. The quantitative estimate of drug-likeness (QED) is 0.540. The molecule has 0 bridgehead atoms. The van der Waals surface area contributed by atoms with E-state index in [0.717, 1.165) is 0 Å². The van der Waals surface area contributed by atoms with Gasteiger partial charge in [0.1, 0.15) is 11.6 Å². The van der Waals surface area contributed by atoms with Crippen molar-refractivity contribution in [1.82, 2.24) is 0 Å². The molecule has 0 saturated heterocycles. The van der Waals surface area contributed by atoms with Gasteiger partial charge in [0.2, 0.25) is 0 Å². The number of hydrogen-bond acceptors (Lipinski definition) is 4. The second kappa shape index (κ2) is 5.85. The maximum atomic E-state index is 10.9. The maximum Gasteiger partial charge on any atom is 0.142 e. The van der Waals surface area contributed by atoms with E-state index in [-0.39, 0.29) is 37.4 Å². The van der Waals surface area contributed by atoms with Crippen LogP contribution < -0.4 is 0 Å². The van der Waals surface area contributed by atoms with E-state index in [0.29, 0.717) is 0 Å². The van der Waals surface area contributed by atoms with Gasteiger partial charge >= 0.3 is 0 Å². The summed E-state index contributed by atoms with van der Waals surface area (Å²) in [6, 6.07) is 0. The smallest absolute Gasteiger partial charge is 0.142 e. The van der Waals surface area contributed by atoms with Gasteiger partial charge in [-0.3, -0.25) is 9.59 Å². The molecule has 12 heavy (non-hydrogen) atoms. The minimum absolute atomic E-state index is 0.0415. The van der Waals surface area contributed by atoms with E-state index in [4.69, 9.17) is 10.2 Å². The highest BCUT2D eigenvalue weighted by Crippen LogP contribution is 2.00. The zero-order chi connectivity index (χ0) is 9.56. The Morgan fingerprint density at radius 3 is 2.42 bits per heavy atom. The van der Waals surface area contributed by atoms with Gasteiger partial charge < -0.3 is 10.2 Å². The van der Waals surface area contributed by atoms with Gasteiger partial charge in [0.05, 0.1) is 12.5 Å². The Hall–Kier alpha value is -0.740. The number of aliphatic hydroxyl groups is 2. The summed E-state index contributed by atoms with van der Waals surface area (Å²) in [5, 5.41) is 17.4. The van der Waals surface area contributed by atoms with E-state index in [2.05, 4.69) is 0 Å². The molecule has 0 aromatic rings. The molecule has 0 aliphatic rings. The van der Waals surface area contributed by atoms with Crippen LogP contribution in [0.5, 0.6) is 0 Å². The summed E-state index contributed by atoms with van der Waals surface area (Å²) in [6.45, 7) is 1.19. The molecule has 0 fully saturated rings. The van der Waals surface area contributed by atoms with Crippen molar-refractivity contribution < 1.29 is 19.8 Å². The molecule has 1 atom stereocenters. The molecule has 4 nitrogen and oxygen atoms in total. The van der Waals surface area contributed by atoms with Gasteiger partial charge in [-0.1, -0.05) is 0 Å². The predicted octanol–water partition coefficient (Wildman–Crippen LogP) is -0.332. The first-order chi connectivity index (χ1) is 5.56. The van der Waals surface area contributed by atoms with Crippen LogP contribution in [0.15, 0.2) is 0 Å². The van der Waals surface area contributed by atoms with Crippen molar-refractivity contribution in [3.05, 3.63) is 0 Å². The first-order valence-corrected chi connectivity index (χ1v) is 3.86. The van der Waals surface area contributed by atoms with Crippen molar-refractivity contribution >= 4 is 11.6 Å². The third-order valence-electron chi connectivity index (χ3n) is 1.37. The number of hydrogen-bond donors (Lipinski definition) is 2. The molecule has 0 heterocycles. The van der Waals surface area contributed by atoms with Crippen LogP contribution >= 0.6 is 0 Å². The lowest BCUT2D eigenvalue weighted by Gasteiger charge is -2.05. The second-order valence-corrected chi connectivity index (χ2v) is 2.79. The normalized spacial score (nSPS) is 12.6. The number of aliphatic hydroxyl groups excluding tert-OH is 2. The van der Waals surface area contributed by atoms with Crippen molar-refractivity contribution in [1.29, 1.82) is 0 Å². The number of Topliss-reactive ketones (excluding diaryl/α,β-unsaturated/α-hetero) is 2. The summed E-state index contributed by atoms with van der Waals surface area (Å²) in [4.78, 5) is 21.3. The SMILES string of the molecule is CC(=O)CC(=O)CC(O)CCO. The van der Waals surface area contributed by atoms with Crippen LogP contribution in [-0.2, 0) is 9.59 Å². The molecule has 0 aromatic heterocycles. The van der Waals surface area contributed by atoms with E-state index in [1.807, 2.05) is 0 Å². The summed E-state index contributed by atoms with van der Waals surface area (Å²) in [7, 11) is 0. The van der Waals surface area contributed by atoms with Crippen LogP contribution in [0.25, 0.3) is 0 Å². The Labute approximate surface area is 71.2 Å². The van der Waals surface area contributed by atoms with Crippen LogP contribution in [0.1, 0.15) is 26.2 Å². The zero-order valence-corrected chi connectivity index (χ0v) is 7.12. The van der Waals surface area contributed by atoms with Crippen LogP contribution in [0, 0.1) is 0 Å². The van der Waals surface area contributed by atoms with E-state index < -0.39 is 6.10 Å². The van der Waals surface area contributed by atoms with E-state index in [1.54, 1.807) is 0 Å². The fourth-order valence-electron chi connectivity index (χ4n) is 0.864. The van der Waals surface area contributed by atoms with Crippen molar-refractivity contribution in [2.45, 2.75) is 32.3 Å². The molecule has 0 saturated carbocycles. The Morgan fingerprint density at radius 2 is 2.00 bits per heavy atom. The molecular formula is C8H14O4. The summed E-state index contributed by atoms with van der Waals surface area (Å²) in [5.74, 6) is -0.473.